The fraction of sp³-hybridized carbons (Fsp3) is 0.308. The minimum Gasteiger partial charge on any atom is -0.481 e. The smallest absolute Gasteiger partial charge is 0.435 e. The minimum atomic E-state index is -4.51. The molecule has 21 heavy (non-hydrogen) atoms. The number of hydrogen-bond donors (Lipinski definition) is 1. The number of carboxylic acid groups (broad SMARTS) is 1. The van der Waals surface area contributed by atoms with Gasteiger partial charge in [-0.25, -0.2) is 0 Å². The molecule has 8 heteroatoms. The third-order valence-corrected chi connectivity index (χ3v) is 2.89. The number of nitrogens with zero attached hydrogens (tertiary/aromatic N) is 3. The number of aliphatic carboxylic acids is 1. The molecular formula is C13H12F3N3O2. The molecule has 5 nitrogen and oxygen atoms in total. The van der Waals surface area contributed by atoms with Gasteiger partial charge >= 0.3 is 12.1 Å². The lowest BCUT2D eigenvalue weighted by atomic mass is 10.1. The molecule has 2 rings (SSSR count). The lowest BCUT2D eigenvalue weighted by molar-refractivity contribution is -0.141. The van der Waals surface area contributed by atoms with Crippen LogP contribution in [0.1, 0.15) is 17.7 Å². The van der Waals surface area contributed by atoms with E-state index in [1.54, 1.807) is 6.07 Å². The molecule has 0 radical (unpaired) electrons. The molecule has 0 saturated heterocycles. The van der Waals surface area contributed by atoms with E-state index >= 15 is 0 Å². The number of rotatable bonds is 4. The highest BCUT2D eigenvalue weighted by molar-refractivity contribution is 5.67. The topological polar surface area (TPSA) is 68.0 Å². The molecule has 0 fully saturated rings. The molecule has 0 aliphatic rings. The van der Waals surface area contributed by atoms with E-state index in [2.05, 4.69) is 10.1 Å². The van der Waals surface area contributed by atoms with Crippen molar-refractivity contribution in [2.75, 3.05) is 0 Å². The normalized spacial score (nSPS) is 11.6. The number of hydrogen-bond acceptors (Lipinski definition) is 3. The third-order valence-electron chi connectivity index (χ3n) is 2.89. The Balaban J connectivity index is 2.32. The van der Waals surface area contributed by atoms with Crippen LogP contribution in [0.5, 0.6) is 0 Å². The van der Waals surface area contributed by atoms with E-state index in [1.807, 2.05) is 0 Å². The van der Waals surface area contributed by atoms with E-state index in [-0.39, 0.29) is 18.5 Å². The van der Waals surface area contributed by atoms with Gasteiger partial charge in [-0.2, -0.15) is 18.3 Å². The van der Waals surface area contributed by atoms with Gasteiger partial charge in [0.05, 0.1) is 5.69 Å². The van der Waals surface area contributed by atoms with Gasteiger partial charge in [-0.05, 0) is 24.1 Å². The van der Waals surface area contributed by atoms with Crippen LogP contribution >= 0.6 is 0 Å². The molecule has 2 aromatic heterocycles. The second-order valence-corrected chi connectivity index (χ2v) is 4.51. The van der Waals surface area contributed by atoms with E-state index in [1.165, 1.54) is 19.4 Å². The number of aromatic nitrogens is 3. The largest absolute Gasteiger partial charge is 0.481 e. The van der Waals surface area contributed by atoms with E-state index < -0.39 is 17.8 Å². The highest BCUT2D eigenvalue weighted by atomic mass is 19.4. The van der Waals surface area contributed by atoms with Gasteiger partial charge < -0.3 is 5.11 Å². The first-order valence-electron chi connectivity index (χ1n) is 6.04. The van der Waals surface area contributed by atoms with Crippen LogP contribution < -0.4 is 0 Å². The zero-order valence-corrected chi connectivity index (χ0v) is 11.1. The molecule has 0 aliphatic carbocycles. The Morgan fingerprint density at radius 3 is 2.62 bits per heavy atom. The van der Waals surface area contributed by atoms with Crippen LogP contribution in [0.2, 0.25) is 0 Å². The monoisotopic (exact) mass is 299 g/mol. The highest BCUT2D eigenvalue weighted by Gasteiger charge is 2.34. The Labute approximate surface area is 118 Å². The Hall–Kier alpha value is -2.38. The maximum Gasteiger partial charge on any atom is 0.435 e. The number of carbonyl (C=O) groups is 1. The van der Waals surface area contributed by atoms with Crippen LogP contribution in [0, 0.1) is 0 Å². The molecule has 0 amide bonds. The molecule has 0 spiro atoms. The number of carboxylic acids is 1. The van der Waals surface area contributed by atoms with Crippen LogP contribution in [0.4, 0.5) is 13.2 Å². The predicted molar refractivity (Wildman–Crippen MR) is 67.4 cm³/mol. The van der Waals surface area contributed by atoms with Crippen LogP contribution in [-0.4, -0.2) is 25.8 Å². The maximum absolute atomic E-state index is 12.6. The van der Waals surface area contributed by atoms with Crippen LogP contribution in [0.15, 0.2) is 24.5 Å². The van der Waals surface area contributed by atoms with Gasteiger partial charge in [-0.1, -0.05) is 0 Å². The predicted octanol–water partition coefficient (Wildman–Crippen LogP) is 2.52. The third kappa shape index (κ3) is 3.59. The van der Waals surface area contributed by atoms with Gasteiger partial charge in [0.15, 0.2) is 5.69 Å². The maximum atomic E-state index is 12.6. The molecule has 2 aromatic rings. The summed E-state index contributed by atoms with van der Waals surface area (Å²) in [7, 11) is 1.41. The van der Waals surface area contributed by atoms with Gasteiger partial charge in [0.1, 0.15) is 0 Å². The minimum absolute atomic E-state index is 0.0652. The summed E-state index contributed by atoms with van der Waals surface area (Å²) in [5.41, 5.74) is 0.399. The van der Waals surface area contributed by atoms with Crippen molar-refractivity contribution in [1.29, 1.82) is 0 Å². The summed E-state index contributed by atoms with van der Waals surface area (Å²) in [6.45, 7) is 0. The summed E-state index contributed by atoms with van der Waals surface area (Å²) in [5, 5.41) is 12.1. The van der Waals surface area contributed by atoms with Crippen molar-refractivity contribution in [3.05, 3.63) is 35.8 Å². The van der Waals surface area contributed by atoms with Crippen molar-refractivity contribution < 1.29 is 23.1 Å². The standard InChI is InChI=1S/C13H12F3N3O2/c1-19-10(5-11(18-19)13(14,15)16)9-4-8(6-17-7-9)2-3-12(20)21/h4-7H,2-3H2,1H3,(H,20,21). The second-order valence-electron chi connectivity index (χ2n) is 4.51. The molecule has 0 atom stereocenters. The van der Waals surface area contributed by atoms with Crippen LogP contribution in [0.25, 0.3) is 11.3 Å². The Morgan fingerprint density at radius 1 is 1.33 bits per heavy atom. The first kappa shape index (κ1) is 15.0. The van der Waals surface area contributed by atoms with Crippen molar-refractivity contribution in [2.45, 2.75) is 19.0 Å². The summed E-state index contributed by atoms with van der Waals surface area (Å²) in [5.74, 6) is -0.944. The van der Waals surface area contributed by atoms with Gasteiger partial charge in [0.25, 0.3) is 0 Å². The van der Waals surface area contributed by atoms with Gasteiger partial charge in [0, 0.05) is 31.4 Å². The average Bonchev–Trinajstić information content (AvgIpc) is 2.79. The molecular weight excluding hydrogens is 287 g/mol. The van der Waals surface area contributed by atoms with Crippen molar-refractivity contribution in [3.8, 4) is 11.3 Å². The Kier molecular flexibility index (Phi) is 3.97. The fourth-order valence-corrected chi connectivity index (χ4v) is 1.89. The fourth-order valence-electron chi connectivity index (χ4n) is 1.89. The van der Waals surface area contributed by atoms with E-state index in [9.17, 15) is 18.0 Å². The lowest BCUT2D eigenvalue weighted by Gasteiger charge is -2.04. The van der Waals surface area contributed by atoms with Gasteiger partial charge in [0.2, 0.25) is 0 Å². The van der Waals surface area contributed by atoms with Crippen molar-refractivity contribution in [2.24, 2.45) is 7.05 Å². The first-order chi connectivity index (χ1) is 9.77. The zero-order valence-electron chi connectivity index (χ0n) is 11.1. The lowest BCUT2D eigenvalue weighted by Crippen LogP contribution is -2.06. The first-order valence-corrected chi connectivity index (χ1v) is 6.04. The van der Waals surface area contributed by atoms with Crippen molar-refractivity contribution in [3.63, 3.8) is 0 Å². The number of alkyl halides is 3. The highest BCUT2D eigenvalue weighted by Crippen LogP contribution is 2.31. The van der Waals surface area contributed by atoms with E-state index in [0.717, 1.165) is 10.7 Å². The molecule has 0 bridgehead atoms. The van der Waals surface area contributed by atoms with Crippen LogP contribution in [-0.2, 0) is 24.4 Å². The molecule has 0 unspecified atom stereocenters. The molecule has 2 heterocycles. The molecule has 0 aromatic carbocycles. The Morgan fingerprint density at radius 2 is 2.05 bits per heavy atom. The van der Waals surface area contributed by atoms with Gasteiger partial charge in [-0.3, -0.25) is 14.5 Å². The number of aryl methyl sites for hydroxylation is 2. The number of halogens is 3. The quantitative estimate of drug-likeness (QED) is 0.942. The molecule has 112 valence electrons. The zero-order chi connectivity index (χ0) is 15.6. The molecule has 0 saturated carbocycles. The van der Waals surface area contributed by atoms with E-state index in [4.69, 9.17) is 5.11 Å². The summed E-state index contributed by atoms with van der Waals surface area (Å²) in [4.78, 5) is 14.5. The summed E-state index contributed by atoms with van der Waals surface area (Å²) in [6.07, 6.45) is -1.40. The SMILES string of the molecule is Cn1nc(C(F)(F)F)cc1-c1cncc(CCC(=O)O)c1. The summed E-state index contributed by atoms with van der Waals surface area (Å²) >= 11 is 0. The Bertz CT molecular complexity index is 665. The van der Waals surface area contributed by atoms with Crippen molar-refractivity contribution in [1.82, 2.24) is 14.8 Å². The molecule has 1 N–H and O–H groups in total. The summed E-state index contributed by atoms with van der Waals surface area (Å²) < 4.78 is 39.0. The average molecular weight is 299 g/mol. The van der Waals surface area contributed by atoms with Crippen LogP contribution in [0.3, 0.4) is 0 Å². The van der Waals surface area contributed by atoms with Crippen molar-refractivity contribution >= 4 is 5.97 Å². The second kappa shape index (κ2) is 5.55. The van der Waals surface area contributed by atoms with Gasteiger partial charge in [-0.15, -0.1) is 0 Å². The summed E-state index contributed by atoms with van der Waals surface area (Å²) in [6, 6.07) is 2.56. The van der Waals surface area contributed by atoms with E-state index in [0.29, 0.717) is 11.1 Å². The number of pyridine rings is 1. The molecule has 0 aliphatic heterocycles.